The third kappa shape index (κ3) is 3.20. The van der Waals surface area contributed by atoms with Crippen molar-refractivity contribution in [1.82, 2.24) is 15.4 Å². The number of carbonyl (C=O) groups is 1. The quantitative estimate of drug-likeness (QED) is 0.712. The number of aromatic nitrogens is 1. The van der Waals surface area contributed by atoms with Crippen LogP contribution in [0.1, 0.15) is 42.9 Å². The molecular weight excluding hydrogens is 350 g/mol. The molecule has 0 bridgehead atoms. The van der Waals surface area contributed by atoms with Crippen molar-refractivity contribution in [1.29, 1.82) is 0 Å². The number of likely N-dealkylation sites (tertiary alicyclic amines) is 1. The van der Waals surface area contributed by atoms with Gasteiger partial charge in [-0.25, -0.2) is 0 Å². The maximum atomic E-state index is 13.4. The predicted octanol–water partition coefficient (Wildman–Crippen LogP) is 3.81. The van der Waals surface area contributed by atoms with Gasteiger partial charge in [-0.3, -0.25) is 4.79 Å². The molecule has 0 unspecified atom stereocenters. The molecule has 5 heteroatoms. The van der Waals surface area contributed by atoms with E-state index in [9.17, 15) is 4.79 Å². The van der Waals surface area contributed by atoms with E-state index >= 15 is 0 Å². The number of amides is 1. The van der Waals surface area contributed by atoms with Crippen LogP contribution in [0.3, 0.4) is 0 Å². The van der Waals surface area contributed by atoms with Gasteiger partial charge in [0, 0.05) is 11.9 Å². The largest absolute Gasteiger partial charge is 0.356 e. The molecule has 144 valence electrons. The van der Waals surface area contributed by atoms with E-state index < -0.39 is 5.41 Å². The molecule has 1 amide bonds. The zero-order valence-corrected chi connectivity index (χ0v) is 15.9. The van der Waals surface area contributed by atoms with Crippen LogP contribution in [-0.4, -0.2) is 35.6 Å². The average Bonchev–Trinajstić information content (AvgIpc) is 3.14. The number of hydrogen-bond acceptors (Lipinski definition) is 4. The van der Waals surface area contributed by atoms with Gasteiger partial charge in [0.05, 0.1) is 17.7 Å². The summed E-state index contributed by atoms with van der Waals surface area (Å²) in [5.41, 5.74) is 2.58. The van der Waals surface area contributed by atoms with Crippen molar-refractivity contribution in [3.8, 4) is 0 Å². The third-order valence-corrected chi connectivity index (χ3v) is 6.24. The zero-order chi connectivity index (χ0) is 19.0. The molecular formula is C23H25N3O2. The normalized spacial score (nSPS) is 19.6. The van der Waals surface area contributed by atoms with Gasteiger partial charge < -0.3 is 14.7 Å². The maximum absolute atomic E-state index is 13.4. The summed E-state index contributed by atoms with van der Waals surface area (Å²) in [6.07, 6.45) is 5.99. The summed E-state index contributed by atoms with van der Waals surface area (Å²) in [5, 5.41) is 8.19. The van der Waals surface area contributed by atoms with Crippen molar-refractivity contribution in [2.24, 2.45) is 0 Å². The van der Waals surface area contributed by atoms with E-state index in [-0.39, 0.29) is 11.9 Å². The molecule has 5 nitrogen and oxygen atoms in total. The highest BCUT2D eigenvalue weighted by Crippen LogP contribution is 2.49. The molecule has 2 aliphatic rings. The lowest BCUT2D eigenvalue weighted by Crippen LogP contribution is -2.41. The first-order chi connectivity index (χ1) is 13.7. The van der Waals surface area contributed by atoms with Crippen LogP contribution in [0.4, 0.5) is 0 Å². The average molecular weight is 375 g/mol. The third-order valence-electron chi connectivity index (χ3n) is 6.24. The fourth-order valence-electron chi connectivity index (χ4n) is 4.38. The van der Waals surface area contributed by atoms with E-state index in [1.165, 1.54) is 18.4 Å². The van der Waals surface area contributed by atoms with Crippen LogP contribution in [0.25, 0.3) is 11.0 Å². The Morgan fingerprint density at radius 2 is 1.93 bits per heavy atom. The van der Waals surface area contributed by atoms with Gasteiger partial charge in [-0.2, -0.15) is 0 Å². The molecule has 5 rings (SSSR count). The second kappa shape index (κ2) is 7.06. The Hall–Kier alpha value is -2.66. The zero-order valence-electron chi connectivity index (χ0n) is 15.9. The maximum Gasteiger partial charge on any atom is 0.231 e. The van der Waals surface area contributed by atoms with E-state index in [1.54, 1.807) is 6.20 Å². The van der Waals surface area contributed by atoms with Crippen molar-refractivity contribution >= 4 is 16.9 Å². The van der Waals surface area contributed by atoms with Crippen LogP contribution >= 0.6 is 0 Å². The van der Waals surface area contributed by atoms with Crippen LogP contribution in [0.15, 0.2) is 59.3 Å². The van der Waals surface area contributed by atoms with Crippen molar-refractivity contribution in [2.75, 3.05) is 19.6 Å². The van der Waals surface area contributed by atoms with Crippen molar-refractivity contribution in [3.63, 3.8) is 0 Å². The highest BCUT2D eigenvalue weighted by atomic mass is 16.5. The fourth-order valence-corrected chi connectivity index (χ4v) is 4.38. The SMILES string of the molecule is O=C(N[C@H](CN1CCCC1)c1ccccc1)C1(c2ccc3oncc3c2)CC1. The lowest BCUT2D eigenvalue weighted by Gasteiger charge is -2.27. The molecule has 3 aromatic rings. The lowest BCUT2D eigenvalue weighted by molar-refractivity contribution is -0.124. The Morgan fingerprint density at radius 1 is 1.14 bits per heavy atom. The molecule has 28 heavy (non-hydrogen) atoms. The topological polar surface area (TPSA) is 58.4 Å². The van der Waals surface area contributed by atoms with Crippen molar-refractivity contribution in [2.45, 2.75) is 37.1 Å². The fraction of sp³-hybridized carbons (Fsp3) is 0.391. The Labute approximate surface area is 164 Å². The minimum absolute atomic E-state index is 0.0172. The van der Waals surface area contributed by atoms with Crippen LogP contribution in [0.2, 0.25) is 0 Å². The first-order valence-corrected chi connectivity index (χ1v) is 10.2. The summed E-state index contributed by atoms with van der Waals surface area (Å²) in [6, 6.07) is 16.3. The van der Waals surface area contributed by atoms with Crippen molar-refractivity contribution < 1.29 is 9.32 Å². The number of nitrogens with one attached hydrogen (secondary N) is 1. The van der Waals surface area contributed by atoms with Gasteiger partial charge >= 0.3 is 0 Å². The van der Waals surface area contributed by atoms with Crippen LogP contribution < -0.4 is 5.32 Å². The summed E-state index contributed by atoms with van der Waals surface area (Å²) in [6.45, 7) is 3.11. The van der Waals surface area contributed by atoms with Crippen LogP contribution in [0.5, 0.6) is 0 Å². The molecule has 1 saturated carbocycles. The second-order valence-corrected chi connectivity index (χ2v) is 8.10. The summed E-state index contributed by atoms with van der Waals surface area (Å²) >= 11 is 0. The first-order valence-electron chi connectivity index (χ1n) is 10.2. The lowest BCUT2D eigenvalue weighted by atomic mass is 9.93. The number of carbonyl (C=O) groups excluding carboxylic acids is 1. The monoisotopic (exact) mass is 375 g/mol. The van der Waals surface area contributed by atoms with Gasteiger partial charge in [-0.15, -0.1) is 0 Å². The molecule has 1 saturated heterocycles. The number of benzene rings is 2. The molecule has 1 aromatic heterocycles. The van der Waals surface area contributed by atoms with E-state index in [1.807, 2.05) is 30.3 Å². The van der Waals surface area contributed by atoms with Gasteiger partial charge in [-0.05, 0) is 62.0 Å². The molecule has 0 radical (unpaired) electrons. The van der Waals surface area contributed by atoms with E-state index in [2.05, 4.69) is 33.6 Å². The minimum atomic E-state index is -0.413. The predicted molar refractivity (Wildman–Crippen MR) is 108 cm³/mol. The highest BCUT2D eigenvalue weighted by molar-refractivity contribution is 5.93. The van der Waals surface area contributed by atoms with Gasteiger partial charge in [0.15, 0.2) is 5.58 Å². The van der Waals surface area contributed by atoms with Gasteiger partial charge in [0.25, 0.3) is 0 Å². The minimum Gasteiger partial charge on any atom is -0.356 e. The van der Waals surface area contributed by atoms with E-state index in [0.717, 1.165) is 49.0 Å². The standard InChI is InChI=1S/C23H25N3O2/c27-22(23(10-11-23)19-8-9-21-18(14-19)15-24-28-21)25-20(16-26-12-4-5-13-26)17-6-2-1-3-7-17/h1-3,6-9,14-15,20H,4-5,10-13,16H2,(H,25,27)/t20-/m1/s1. The Bertz CT molecular complexity index is 972. The van der Waals surface area contributed by atoms with Gasteiger partial charge in [-0.1, -0.05) is 41.6 Å². The summed E-state index contributed by atoms with van der Waals surface area (Å²) < 4.78 is 5.21. The molecule has 1 N–H and O–H groups in total. The Morgan fingerprint density at radius 3 is 2.68 bits per heavy atom. The second-order valence-electron chi connectivity index (χ2n) is 8.10. The first kappa shape index (κ1) is 17.4. The number of rotatable bonds is 6. The molecule has 1 aliphatic heterocycles. The van der Waals surface area contributed by atoms with E-state index in [4.69, 9.17) is 4.52 Å². The highest BCUT2D eigenvalue weighted by Gasteiger charge is 2.51. The van der Waals surface area contributed by atoms with Crippen LogP contribution in [0, 0.1) is 0 Å². The Kier molecular flexibility index (Phi) is 4.40. The van der Waals surface area contributed by atoms with Crippen molar-refractivity contribution in [3.05, 3.63) is 65.9 Å². The molecule has 1 aliphatic carbocycles. The summed E-state index contributed by atoms with van der Waals surface area (Å²) in [5.74, 6) is 0.136. The smallest absolute Gasteiger partial charge is 0.231 e. The molecule has 0 spiro atoms. The summed E-state index contributed by atoms with van der Waals surface area (Å²) in [4.78, 5) is 15.8. The Balaban J connectivity index is 1.39. The molecule has 1 atom stereocenters. The van der Waals surface area contributed by atoms with Crippen LogP contribution in [-0.2, 0) is 10.2 Å². The molecule has 2 heterocycles. The number of hydrogen-bond donors (Lipinski definition) is 1. The summed E-state index contributed by atoms with van der Waals surface area (Å²) in [7, 11) is 0. The number of fused-ring (bicyclic) bond motifs is 1. The number of nitrogens with zero attached hydrogens (tertiary/aromatic N) is 2. The van der Waals surface area contributed by atoms with E-state index in [0.29, 0.717) is 0 Å². The molecule has 2 fully saturated rings. The van der Waals surface area contributed by atoms with Gasteiger partial charge in [0.2, 0.25) is 5.91 Å². The van der Waals surface area contributed by atoms with Gasteiger partial charge in [0.1, 0.15) is 0 Å². The molecule has 2 aromatic carbocycles.